The van der Waals surface area contributed by atoms with Gasteiger partial charge >= 0.3 is 0 Å². The van der Waals surface area contributed by atoms with E-state index in [1.807, 2.05) is 0 Å². The van der Waals surface area contributed by atoms with Gasteiger partial charge in [-0.1, -0.05) is 0 Å². The summed E-state index contributed by atoms with van der Waals surface area (Å²) in [5.41, 5.74) is 4.87. The molecule has 0 saturated carbocycles. The first-order chi connectivity index (χ1) is 11.1. The van der Waals surface area contributed by atoms with Gasteiger partial charge in [-0.05, 0) is 37.6 Å². The number of aromatic nitrogens is 2. The Labute approximate surface area is 143 Å². The monoisotopic (exact) mass is 372 g/mol. The van der Waals surface area contributed by atoms with Crippen LogP contribution in [0.1, 0.15) is 24.2 Å². The van der Waals surface area contributed by atoms with E-state index in [0.29, 0.717) is 0 Å². The molecule has 0 atom stereocenters. The average Bonchev–Trinajstić information content (AvgIpc) is 2.50. The van der Waals surface area contributed by atoms with Gasteiger partial charge in [-0.25, -0.2) is 22.8 Å². The van der Waals surface area contributed by atoms with E-state index in [0.717, 1.165) is 12.1 Å². The molecule has 2 aromatic rings. The molecule has 128 valence electrons. The lowest BCUT2D eigenvalue weighted by Crippen LogP contribution is -2.19. The summed E-state index contributed by atoms with van der Waals surface area (Å²) >= 11 is 5.57. The summed E-state index contributed by atoms with van der Waals surface area (Å²) in [5.74, 6) is -2.02. The molecule has 10 heteroatoms. The molecular weight excluding hydrogens is 359 g/mol. The molecule has 1 amide bonds. The largest absolute Gasteiger partial charge is 0.366 e. The Morgan fingerprint density at radius 3 is 2.38 bits per heavy atom. The third-order valence-electron chi connectivity index (χ3n) is 3.19. The minimum atomic E-state index is -3.89. The zero-order valence-electron chi connectivity index (χ0n) is 12.7. The van der Waals surface area contributed by atoms with Crippen LogP contribution in [0.3, 0.4) is 0 Å². The van der Waals surface area contributed by atoms with Crippen molar-refractivity contribution in [3.8, 4) is 0 Å². The molecule has 0 saturated heterocycles. The molecule has 3 N–H and O–H groups in total. The molecule has 0 aliphatic carbocycles. The van der Waals surface area contributed by atoms with Crippen molar-refractivity contribution in [2.75, 3.05) is 5.32 Å². The van der Waals surface area contributed by atoms with Gasteiger partial charge in [-0.3, -0.25) is 4.79 Å². The molecule has 0 radical (unpaired) electrons. The van der Waals surface area contributed by atoms with Gasteiger partial charge in [0.1, 0.15) is 4.90 Å². The Morgan fingerprint density at radius 2 is 1.88 bits per heavy atom. The van der Waals surface area contributed by atoms with Crippen molar-refractivity contribution < 1.29 is 17.6 Å². The van der Waals surface area contributed by atoms with Gasteiger partial charge in [-0.15, -0.1) is 0 Å². The first kappa shape index (κ1) is 18.1. The number of carbonyl (C=O) groups excluding carboxylic acids is 1. The van der Waals surface area contributed by atoms with E-state index < -0.39 is 31.7 Å². The maximum Gasteiger partial charge on any atom is 0.250 e. The molecule has 1 heterocycles. The SMILES string of the molecule is CC(C)S(=O)(=O)c1ccc(C(N)=O)c(Nc2cnc(Cl)nc2)c1F. The summed E-state index contributed by atoms with van der Waals surface area (Å²) in [7, 11) is -3.89. The van der Waals surface area contributed by atoms with Gasteiger partial charge in [-0.2, -0.15) is 0 Å². The van der Waals surface area contributed by atoms with Gasteiger partial charge in [0.25, 0.3) is 5.91 Å². The zero-order chi connectivity index (χ0) is 18.1. The molecule has 0 spiro atoms. The fourth-order valence-electron chi connectivity index (χ4n) is 1.88. The fraction of sp³-hybridized carbons (Fsp3) is 0.214. The van der Waals surface area contributed by atoms with Crippen LogP contribution in [0.15, 0.2) is 29.4 Å². The van der Waals surface area contributed by atoms with Crippen LogP contribution in [0.25, 0.3) is 0 Å². The number of hydrogen-bond acceptors (Lipinski definition) is 6. The molecular formula is C14H14ClFN4O3S. The molecule has 0 unspecified atom stereocenters. The first-order valence-electron chi connectivity index (χ1n) is 6.75. The number of anilines is 2. The van der Waals surface area contributed by atoms with E-state index in [2.05, 4.69) is 15.3 Å². The summed E-state index contributed by atoms with van der Waals surface area (Å²) in [5, 5.41) is 1.72. The van der Waals surface area contributed by atoms with E-state index in [1.54, 1.807) is 0 Å². The van der Waals surface area contributed by atoms with Gasteiger partial charge < -0.3 is 11.1 Å². The predicted molar refractivity (Wildman–Crippen MR) is 87.6 cm³/mol. The lowest BCUT2D eigenvalue weighted by Gasteiger charge is -2.15. The number of nitrogens with zero attached hydrogens (tertiary/aromatic N) is 2. The van der Waals surface area contributed by atoms with Crippen LogP contribution < -0.4 is 11.1 Å². The van der Waals surface area contributed by atoms with Crippen molar-refractivity contribution in [1.82, 2.24) is 9.97 Å². The van der Waals surface area contributed by atoms with Gasteiger partial charge in [0.15, 0.2) is 15.7 Å². The molecule has 0 fully saturated rings. The highest BCUT2D eigenvalue weighted by molar-refractivity contribution is 7.92. The van der Waals surface area contributed by atoms with Crippen molar-refractivity contribution in [1.29, 1.82) is 0 Å². The molecule has 24 heavy (non-hydrogen) atoms. The topological polar surface area (TPSA) is 115 Å². The molecule has 0 aliphatic heterocycles. The Hall–Kier alpha value is -2.26. The maximum atomic E-state index is 14.8. The van der Waals surface area contributed by atoms with Crippen molar-refractivity contribution in [2.45, 2.75) is 24.0 Å². The Balaban J connectivity index is 2.62. The Morgan fingerprint density at radius 1 is 1.29 bits per heavy atom. The summed E-state index contributed by atoms with van der Waals surface area (Å²) in [6.45, 7) is 2.85. The van der Waals surface area contributed by atoms with Crippen molar-refractivity contribution in [3.05, 3.63) is 41.2 Å². The van der Waals surface area contributed by atoms with Crippen LogP contribution in [0.2, 0.25) is 5.28 Å². The first-order valence-corrected chi connectivity index (χ1v) is 8.67. The lowest BCUT2D eigenvalue weighted by molar-refractivity contribution is 0.100. The van der Waals surface area contributed by atoms with Gasteiger partial charge in [0, 0.05) is 0 Å². The number of primary amides is 1. The van der Waals surface area contributed by atoms with E-state index >= 15 is 0 Å². The predicted octanol–water partition coefficient (Wildman–Crippen LogP) is 2.29. The molecule has 1 aromatic carbocycles. The standard InChI is InChI=1S/C14H14ClFN4O3S/c1-7(2)24(22,23)10-4-3-9(13(17)21)12(11(10)16)20-8-5-18-14(15)19-6-8/h3-7,20H,1-2H3,(H2,17,21). The highest BCUT2D eigenvalue weighted by Crippen LogP contribution is 2.30. The van der Waals surface area contributed by atoms with Crippen LogP contribution >= 0.6 is 11.6 Å². The second-order valence-electron chi connectivity index (χ2n) is 5.12. The molecule has 2 rings (SSSR count). The maximum absolute atomic E-state index is 14.8. The Kier molecular flexibility index (Phi) is 5.05. The Bertz CT molecular complexity index is 886. The third kappa shape index (κ3) is 3.46. The second-order valence-corrected chi connectivity index (χ2v) is 7.93. The zero-order valence-corrected chi connectivity index (χ0v) is 14.3. The molecule has 7 nitrogen and oxygen atoms in total. The fourth-order valence-corrected chi connectivity index (χ4v) is 3.09. The summed E-state index contributed by atoms with van der Waals surface area (Å²) < 4.78 is 39.3. The summed E-state index contributed by atoms with van der Waals surface area (Å²) in [6, 6.07) is 2.17. The number of rotatable bonds is 5. The van der Waals surface area contributed by atoms with E-state index in [1.165, 1.54) is 26.2 Å². The number of carbonyl (C=O) groups is 1. The normalized spacial score (nSPS) is 11.5. The van der Waals surface area contributed by atoms with Crippen molar-refractivity contribution in [2.24, 2.45) is 5.73 Å². The molecule has 1 aromatic heterocycles. The van der Waals surface area contributed by atoms with Crippen LogP contribution in [0.5, 0.6) is 0 Å². The number of nitrogens with two attached hydrogens (primary N) is 1. The third-order valence-corrected chi connectivity index (χ3v) is 5.55. The van der Waals surface area contributed by atoms with Gasteiger partial charge in [0.05, 0.1) is 34.6 Å². The number of nitrogens with one attached hydrogen (secondary N) is 1. The van der Waals surface area contributed by atoms with Crippen LogP contribution in [0.4, 0.5) is 15.8 Å². The van der Waals surface area contributed by atoms with E-state index in [9.17, 15) is 17.6 Å². The highest BCUT2D eigenvalue weighted by Gasteiger charge is 2.27. The number of amides is 1. The minimum Gasteiger partial charge on any atom is -0.366 e. The minimum absolute atomic E-state index is 0.0210. The van der Waals surface area contributed by atoms with Gasteiger partial charge in [0.2, 0.25) is 5.28 Å². The highest BCUT2D eigenvalue weighted by atomic mass is 35.5. The van der Waals surface area contributed by atoms with E-state index in [4.69, 9.17) is 17.3 Å². The lowest BCUT2D eigenvalue weighted by atomic mass is 10.1. The number of hydrogen-bond donors (Lipinski definition) is 2. The van der Waals surface area contributed by atoms with Crippen molar-refractivity contribution in [3.63, 3.8) is 0 Å². The average molecular weight is 373 g/mol. The number of benzene rings is 1. The molecule has 0 bridgehead atoms. The van der Waals surface area contributed by atoms with Crippen LogP contribution in [0, 0.1) is 5.82 Å². The molecule has 0 aliphatic rings. The van der Waals surface area contributed by atoms with Crippen LogP contribution in [-0.2, 0) is 9.84 Å². The summed E-state index contributed by atoms with van der Waals surface area (Å²) in [4.78, 5) is 18.4. The number of halogens is 2. The van der Waals surface area contributed by atoms with Crippen LogP contribution in [-0.4, -0.2) is 29.5 Å². The quantitative estimate of drug-likeness (QED) is 0.778. The second kappa shape index (κ2) is 6.70. The summed E-state index contributed by atoms with van der Waals surface area (Å²) in [6.07, 6.45) is 2.51. The smallest absolute Gasteiger partial charge is 0.250 e. The van der Waals surface area contributed by atoms with E-state index in [-0.39, 0.29) is 22.2 Å². The van der Waals surface area contributed by atoms with Crippen molar-refractivity contribution >= 4 is 38.7 Å². The number of sulfone groups is 1.